The Morgan fingerprint density at radius 2 is 1.97 bits per heavy atom. The van der Waals surface area contributed by atoms with Crippen LogP contribution in [0.25, 0.3) is 0 Å². The molecule has 2 amide bonds. The first-order valence-corrected chi connectivity index (χ1v) is 11.7. The molecule has 1 aliphatic rings. The fourth-order valence-electron chi connectivity index (χ4n) is 3.60. The number of esters is 1. The predicted molar refractivity (Wildman–Crippen MR) is 122 cm³/mol. The second kappa shape index (κ2) is 11.6. The number of nitrogens with zero attached hydrogens (tertiary/aromatic N) is 3. The summed E-state index contributed by atoms with van der Waals surface area (Å²) in [6.45, 7) is 3.34. The number of likely N-dealkylation sites (tertiary alicyclic amines) is 1. The molecule has 10 heteroatoms. The van der Waals surface area contributed by atoms with E-state index >= 15 is 0 Å². The van der Waals surface area contributed by atoms with Gasteiger partial charge in [0.25, 0.3) is 5.91 Å². The van der Waals surface area contributed by atoms with Gasteiger partial charge in [0.05, 0.1) is 37.4 Å². The van der Waals surface area contributed by atoms with Crippen LogP contribution in [0.5, 0.6) is 11.5 Å². The first-order chi connectivity index (χ1) is 15.9. The highest BCUT2D eigenvalue weighted by Gasteiger charge is 2.29. The zero-order valence-corrected chi connectivity index (χ0v) is 19.9. The third kappa shape index (κ3) is 6.44. The number of carbonyl (C=O) groups excluding carboxylic acids is 3. The predicted octanol–water partition coefficient (Wildman–Crippen LogP) is 2.60. The van der Waals surface area contributed by atoms with Crippen molar-refractivity contribution >= 4 is 29.1 Å². The number of likely N-dealkylation sites (N-methyl/N-ethyl adjacent to an activating group) is 1. The molecule has 0 aliphatic carbocycles. The third-order valence-corrected chi connectivity index (χ3v) is 6.09. The van der Waals surface area contributed by atoms with Crippen molar-refractivity contribution < 1.29 is 28.6 Å². The van der Waals surface area contributed by atoms with E-state index in [1.54, 1.807) is 42.6 Å². The van der Waals surface area contributed by atoms with Gasteiger partial charge in [-0.15, -0.1) is 11.3 Å². The van der Waals surface area contributed by atoms with Crippen molar-refractivity contribution in [1.29, 1.82) is 0 Å². The number of benzene rings is 1. The maximum Gasteiger partial charge on any atom is 0.309 e. The maximum atomic E-state index is 12.9. The lowest BCUT2D eigenvalue weighted by molar-refractivity contribution is -0.151. The number of methoxy groups -OCH3 is 1. The fourth-order valence-corrected chi connectivity index (χ4v) is 4.14. The topological polar surface area (TPSA) is 98.3 Å². The zero-order valence-electron chi connectivity index (χ0n) is 19.1. The third-order valence-electron chi connectivity index (χ3n) is 5.46. The Morgan fingerprint density at radius 3 is 2.61 bits per heavy atom. The summed E-state index contributed by atoms with van der Waals surface area (Å²) in [4.78, 5) is 44.7. The summed E-state index contributed by atoms with van der Waals surface area (Å²) in [5.41, 5.74) is 2.94. The summed E-state index contributed by atoms with van der Waals surface area (Å²) in [6.07, 6.45) is 1.14. The van der Waals surface area contributed by atoms with Crippen molar-refractivity contribution in [1.82, 2.24) is 14.8 Å². The number of hydrogen-bond donors (Lipinski definition) is 0. The fraction of sp³-hybridized carbons (Fsp3) is 0.478. The van der Waals surface area contributed by atoms with Gasteiger partial charge in [-0.1, -0.05) is 0 Å². The molecule has 1 fully saturated rings. The second-order valence-electron chi connectivity index (χ2n) is 7.70. The highest BCUT2D eigenvalue weighted by Crippen LogP contribution is 2.29. The number of rotatable bonds is 9. The molecule has 2 aromatic rings. The average molecular weight is 476 g/mol. The van der Waals surface area contributed by atoms with Gasteiger partial charge in [-0.05, 0) is 38.0 Å². The Morgan fingerprint density at radius 1 is 1.21 bits per heavy atom. The molecule has 1 aliphatic heterocycles. The van der Waals surface area contributed by atoms with Crippen LogP contribution in [-0.2, 0) is 20.9 Å². The smallest absolute Gasteiger partial charge is 0.309 e. The summed E-state index contributed by atoms with van der Waals surface area (Å²) in [6, 6.07) is 4.92. The van der Waals surface area contributed by atoms with Gasteiger partial charge >= 0.3 is 5.97 Å². The van der Waals surface area contributed by atoms with Crippen molar-refractivity contribution in [2.75, 3.05) is 40.4 Å². The van der Waals surface area contributed by atoms with E-state index in [2.05, 4.69) is 4.98 Å². The molecule has 0 bridgehead atoms. The largest absolute Gasteiger partial charge is 0.493 e. The molecule has 0 saturated carbocycles. The average Bonchev–Trinajstić information content (AvgIpc) is 3.36. The lowest BCUT2D eigenvalue weighted by atomic mass is 9.97. The van der Waals surface area contributed by atoms with E-state index < -0.39 is 0 Å². The zero-order chi connectivity index (χ0) is 23.8. The Labute approximate surface area is 197 Å². The van der Waals surface area contributed by atoms with Gasteiger partial charge in [0, 0.05) is 31.1 Å². The van der Waals surface area contributed by atoms with Crippen molar-refractivity contribution in [2.45, 2.75) is 26.4 Å². The van der Waals surface area contributed by atoms with Gasteiger partial charge in [0.15, 0.2) is 11.5 Å². The first-order valence-electron chi connectivity index (χ1n) is 10.8. The SMILES string of the molecule is CCOC(=O)C1CCN(C(=O)CN(C)C(=O)c2ccc(OCc3cscn3)c(OC)c2)CC1. The number of ether oxygens (including phenoxy) is 3. The molecule has 1 saturated heterocycles. The lowest BCUT2D eigenvalue weighted by Crippen LogP contribution is -2.45. The quantitative estimate of drug-likeness (QED) is 0.514. The molecule has 178 valence electrons. The molecule has 2 heterocycles. The van der Waals surface area contributed by atoms with Gasteiger partial charge in [-0.25, -0.2) is 4.98 Å². The molecule has 0 unspecified atom stereocenters. The van der Waals surface area contributed by atoms with E-state index in [4.69, 9.17) is 14.2 Å². The van der Waals surface area contributed by atoms with Crippen molar-refractivity contribution in [3.05, 3.63) is 40.3 Å². The molecular formula is C23H29N3O6S. The van der Waals surface area contributed by atoms with Gasteiger partial charge < -0.3 is 24.0 Å². The minimum absolute atomic E-state index is 0.0483. The van der Waals surface area contributed by atoms with Crippen molar-refractivity contribution in [2.24, 2.45) is 5.92 Å². The summed E-state index contributed by atoms with van der Waals surface area (Å²) >= 11 is 1.49. The minimum atomic E-state index is -0.297. The number of amides is 2. The van der Waals surface area contributed by atoms with Crippen LogP contribution < -0.4 is 9.47 Å². The van der Waals surface area contributed by atoms with Crippen LogP contribution >= 0.6 is 11.3 Å². The molecular weight excluding hydrogens is 446 g/mol. The van der Waals surface area contributed by atoms with Gasteiger partial charge in [0.2, 0.25) is 5.91 Å². The van der Waals surface area contributed by atoms with Gasteiger partial charge in [-0.3, -0.25) is 14.4 Å². The van der Waals surface area contributed by atoms with E-state index in [9.17, 15) is 14.4 Å². The number of carbonyl (C=O) groups is 3. The van der Waals surface area contributed by atoms with E-state index in [1.807, 2.05) is 5.38 Å². The van der Waals surface area contributed by atoms with E-state index in [1.165, 1.54) is 23.3 Å². The van der Waals surface area contributed by atoms with Crippen molar-refractivity contribution in [3.63, 3.8) is 0 Å². The number of thiazole rings is 1. The molecule has 3 rings (SSSR count). The van der Waals surface area contributed by atoms with Crippen LogP contribution in [0.3, 0.4) is 0 Å². The first kappa shape index (κ1) is 24.5. The minimum Gasteiger partial charge on any atom is -0.493 e. The van der Waals surface area contributed by atoms with Crippen LogP contribution in [0.4, 0.5) is 0 Å². The lowest BCUT2D eigenvalue weighted by Gasteiger charge is -2.32. The molecule has 0 N–H and O–H groups in total. The van der Waals surface area contributed by atoms with Crippen LogP contribution in [0.15, 0.2) is 29.1 Å². The van der Waals surface area contributed by atoms with Gasteiger partial charge in [0.1, 0.15) is 6.61 Å². The highest BCUT2D eigenvalue weighted by molar-refractivity contribution is 7.07. The second-order valence-corrected chi connectivity index (χ2v) is 8.42. The molecule has 0 radical (unpaired) electrons. The van der Waals surface area contributed by atoms with E-state index in [0.717, 1.165) is 5.69 Å². The standard InChI is InChI=1S/C23H29N3O6S/c1-4-31-23(29)16-7-9-26(10-8-16)21(27)12-25(2)22(28)17-5-6-19(20(11-17)30-3)32-13-18-14-33-15-24-18/h5-6,11,14-16H,4,7-10,12-13H2,1-3H3. The number of hydrogen-bond acceptors (Lipinski definition) is 8. The Kier molecular flexibility index (Phi) is 8.65. The van der Waals surface area contributed by atoms with Crippen LogP contribution in [0.1, 0.15) is 35.8 Å². The molecule has 0 spiro atoms. The van der Waals surface area contributed by atoms with Crippen LogP contribution in [0.2, 0.25) is 0 Å². The Balaban J connectivity index is 1.54. The summed E-state index contributed by atoms with van der Waals surface area (Å²) in [7, 11) is 3.09. The van der Waals surface area contributed by atoms with Crippen molar-refractivity contribution in [3.8, 4) is 11.5 Å². The molecule has 0 atom stereocenters. The monoisotopic (exact) mass is 475 g/mol. The Bertz CT molecular complexity index is 957. The normalized spacial score (nSPS) is 14.0. The van der Waals surface area contributed by atoms with E-state index in [-0.39, 0.29) is 30.2 Å². The van der Waals surface area contributed by atoms with Crippen LogP contribution in [0, 0.1) is 5.92 Å². The molecule has 33 heavy (non-hydrogen) atoms. The Hall–Kier alpha value is -3.14. The highest BCUT2D eigenvalue weighted by atomic mass is 32.1. The number of aromatic nitrogens is 1. The summed E-state index contributed by atoms with van der Waals surface area (Å²) in [5, 5.41) is 1.90. The molecule has 9 nitrogen and oxygen atoms in total. The van der Waals surface area contributed by atoms with E-state index in [0.29, 0.717) is 56.2 Å². The van der Waals surface area contributed by atoms with Crippen LogP contribution in [-0.4, -0.2) is 73.0 Å². The molecule has 1 aromatic heterocycles. The summed E-state index contributed by atoms with van der Waals surface area (Å²) in [5.74, 6) is 0.112. The summed E-state index contributed by atoms with van der Waals surface area (Å²) < 4.78 is 16.2. The number of piperidine rings is 1. The van der Waals surface area contributed by atoms with Gasteiger partial charge in [-0.2, -0.15) is 0 Å². The maximum absolute atomic E-state index is 12.9. The molecule has 1 aromatic carbocycles.